The van der Waals surface area contributed by atoms with Crippen molar-refractivity contribution in [3.05, 3.63) is 53.0 Å². The van der Waals surface area contributed by atoms with Gasteiger partial charge in [0.2, 0.25) is 0 Å². The number of rotatable bonds is 4. The van der Waals surface area contributed by atoms with Gasteiger partial charge in [-0.15, -0.1) is 0 Å². The van der Waals surface area contributed by atoms with Crippen molar-refractivity contribution in [1.82, 2.24) is 24.8 Å². The monoisotopic (exact) mass is 341 g/mol. The number of carbonyl (C=O) groups excluding carboxylic acids is 1. The van der Waals surface area contributed by atoms with Crippen LogP contribution in [0.2, 0.25) is 0 Å². The van der Waals surface area contributed by atoms with Gasteiger partial charge in [0.15, 0.2) is 5.58 Å². The number of oxazole rings is 1. The summed E-state index contributed by atoms with van der Waals surface area (Å²) in [5.74, 6) is 0.579. The van der Waals surface area contributed by atoms with Gasteiger partial charge in [-0.25, -0.2) is 14.6 Å². The minimum atomic E-state index is -0.414. The van der Waals surface area contributed by atoms with E-state index in [4.69, 9.17) is 4.42 Å². The van der Waals surface area contributed by atoms with E-state index in [0.717, 1.165) is 30.7 Å². The quantitative estimate of drug-likeness (QED) is 0.743. The summed E-state index contributed by atoms with van der Waals surface area (Å²) < 4.78 is 8.80. The average Bonchev–Trinajstić information content (AvgIpc) is 3.19. The number of fused-ring (bicyclic) bond motifs is 2. The molecule has 0 saturated carbocycles. The van der Waals surface area contributed by atoms with Crippen LogP contribution in [-0.4, -0.2) is 32.7 Å². The second-order valence-electron chi connectivity index (χ2n) is 6.11. The molecule has 1 atom stereocenters. The van der Waals surface area contributed by atoms with Crippen LogP contribution < -0.4 is 16.4 Å². The lowest BCUT2D eigenvalue weighted by Gasteiger charge is -2.24. The second-order valence-corrected chi connectivity index (χ2v) is 6.11. The summed E-state index contributed by atoms with van der Waals surface area (Å²) in [6.07, 6.45) is 5.35. The van der Waals surface area contributed by atoms with E-state index in [2.05, 4.69) is 20.2 Å². The van der Waals surface area contributed by atoms with Gasteiger partial charge in [-0.2, -0.15) is 0 Å². The van der Waals surface area contributed by atoms with E-state index in [1.54, 1.807) is 12.3 Å². The standard InChI is InChI=1S/C17H19N5O3/c23-16(20-12-5-8-21-9-6-18-15(21)11-12)19-7-10-22-13-3-1-2-4-14(13)25-17(22)24/h1-4,6,9,12H,5,7-8,10-11H2,(H2,19,20,23). The smallest absolute Gasteiger partial charge is 0.408 e. The third-order valence-electron chi connectivity index (χ3n) is 4.48. The highest BCUT2D eigenvalue weighted by Crippen LogP contribution is 2.13. The van der Waals surface area contributed by atoms with Gasteiger partial charge in [0.25, 0.3) is 0 Å². The van der Waals surface area contributed by atoms with Gasteiger partial charge in [-0.05, 0) is 18.6 Å². The van der Waals surface area contributed by atoms with Crippen molar-refractivity contribution in [2.24, 2.45) is 0 Å². The molecule has 25 heavy (non-hydrogen) atoms. The molecule has 1 unspecified atom stereocenters. The van der Waals surface area contributed by atoms with Gasteiger partial charge in [-0.1, -0.05) is 12.1 Å². The first-order valence-electron chi connectivity index (χ1n) is 8.33. The van der Waals surface area contributed by atoms with Gasteiger partial charge < -0.3 is 19.6 Å². The van der Waals surface area contributed by atoms with Crippen molar-refractivity contribution in [2.75, 3.05) is 6.54 Å². The molecule has 0 aliphatic carbocycles. The third kappa shape index (κ3) is 3.15. The molecule has 0 bridgehead atoms. The van der Waals surface area contributed by atoms with E-state index in [-0.39, 0.29) is 12.1 Å². The summed E-state index contributed by atoms with van der Waals surface area (Å²) >= 11 is 0. The number of hydrogen-bond donors (Lipinski definition) is 2. The van der Waals surface area contributed by atoms with Crippen LogP contribution in [0.3, 0.4) is 0 Å². The number of aryl methyl sites for hydroxylation is 1. The van der Waals surface area contributed by atoms with E-state index < -0.39 is 5.76 Å². The fourth-order valence-electron chi connectivity index (χ4n) is 3.22. The van der Waals surface area contributed by atoms with Crippen LogP contribution in [0, 0.1) is 0 Å². The van der Waals surface area contributed by atoms with Crippen LogP contribution in [-0.2, 0) is 19.5 Å². The van der Waals surface area contributed by atoms with E-state index in [9.17, 15) is 9.59 Å². The highest BCUT2D eigenvalue weighted by Gasteiger charge is 2.20. The number of amides is 2. The van der Waals surface area contributed by atoms with Gasteiger partial charge in [-0.3, -0.25) is 4.57 Å². The minimum Gasteiger partial charge on any atom is -0.408 e. The Kier molecular flexibility index (Phi) is 4.01. The largest absolute Gasteiger partial charge is 0.420 e. The summed E-state index contributed by atoms with van der Waals surface area (Å²) in [6, 6.07) is 7.08. The number of imidazole rings is 1. The van der Waals surface area contributed by atoms with Crippen LogP contribution in [0.25, 0.3) is 11.1 Å². The lowest BCUT2D eigenvalue weighted by molar-refractivity contribution is 0.233. The maximum atomic E-state index is 12.1. The molecule has 130 valence electrons. The van der Waals surface area contributed by atoms with Crippen molar-refractivity contribution < 1.29 is 9.21 Å². The van der Waals surface area contributed by atoms with Crippen molar-refractivity contribution in [1.29, 1.82) is 0 Å². The first-order valence-corrected chi connectivity index (χ1v) is 8.33. The number of carbonyl (C=O) groups is 1. The maximum absolute atomic E-state index is 12.1. The van der Waals surface area contributed by atoms with Crippen LogP contribution in [0.15, 0.2) is 45.9 Å². The Hall–Kier alpha value is -3.03. The van der Waals surface area contributed by atoms with Crippen molar-refractivity contribution in [3.8, 4) is 0 Å². The predicted octanol–water partition coefficient (Wildman–Crippen LogP) is 1.11. The first-order chi connectivity index (χ1) is 12.2. The van der Waals surface area contributed by atoms with Gasteiger partial charge in [0.1, 0.15) is 5.82 Å². The molecular formula is C17H19N5O3. The highest BCUT2D eigenvalue weighted by molar-refractivity contribution is 5.74. The number of nitrogens with zero attached hydrogens (tertiary/aromatic N) is 3. The fourth-order valence-corrected chi connectivity index (χ4v) is 3.22. The van der Waals surface area contributed by atoms with E-state index in [1.807, 2.05) is 24.4 Å². The van der Waals surface area contributed by atoms with Crippen molar-refractivity contribution in [2.45, 2.75) is 32.0 Å². The van der Waals surface area contributed by atoms with Crippen LogP contribution in [0.4, 0.5) is 4.79 Å². The van der Waals surface area contributed by atoms with E-state index in [0.29, 0.717) is 18.7 Å². The minimum absolute atomic E-state index is 0.0763. The molecule has 8 nitrogen and oxygen atoms in total. The zero-order chi connectivity index (χ0) is 17.2. The Morgan fingerprint density at radius 1 is 1.36 bits per heavy atom. The van der Waals surface area contributed by atoms with Crippen molar-refractivity contribution in [3.63, 3.8) is 0 Å². The summed E-state index contributed by atoms with van der Waals surface area (Å²) in [7, 11) is 0. The Balaban J connectivity index is 1.31. The molecular weight excluding hydrogens is 322 g/mol. The maximum Gasteiger partial charge on any atom is 0.420 e. The van der Waals surface area contributed by atoms with Crippen molar-refractivity contribution >= 4 is 17.1 Å². The van der Waals surface area contributed by atoms with Crippen LogP contribution in [0.5, 0.6) is 0 Å². The fraction of sp³-hybridized carbons (Fsp3) is 0.353. The Morgan fingerprint density at radius 3 is 3.16 bits per heavy atom. The van der Waals surface area contributed by atoms with Crippen LogP contribution in [0.1, 0.15) is 12.2 Å². The summed E-state index contributed by atoms with van der Waals surface area (Å²) in [4.78, 5) is 28.3. The molecule has 1 aromatic carbocycles. The molecule has 1 aliphatic heterocycles. The van der Waals surface area contributed by atoms with Gasteiger partial charge in [0.05, 0.1) is 5.52 Å². The third-order valence-corrected chi connectivity index (χ3v) is 4.48. The summed E-state index contributed by atoms with van der Waals surface area (Å²) in [5, 5.41) is 5.77. The SMILES string of the molecule is O=C(NCCn1c(=O)oc2ccccc21)NC1CCn2ccnc2C1. The Bertz CT molecular complexity index is 955. The van der Waals surface area contributed by atoms with Gasteiger partial charge >= 0.3 is 11.8 Å². The molecule has 1 aliphatic rings. The zero-order valence-electron chi connectivity index (χ0n) is 13.6. The van der Waals surface area contributed by atoms with Crippen LogP contribution >= 0.6 is 0 Å². The van der Waals surface area contributed by atoms with Gasteiger partial charge in [0, 0.05) is 44.5 Å². The molecule has 3 heterocycles. The Labute approximate surface area is 143 Å². The lowest BCUT2D eigenvalue weighted by atomic mass is 10.1. The number of benzene rings is 1. The van der Waals surface area contributed by atoms with E-state index in [1.165, 1.54) is 4.57 Å². The number of nitrogens with one attached hydrogen (secondary N) is 2. The number of aromatic nitrogens is 3. The molecule has 2 amide bonds. The molecule has 0 radical (unpaired) electrons. The highest BCUT2D eigenvalue weighted by atomic mass is 16.4. The Morgan fingerprint density at radius 2 is 2.24 bits per heavy atom. The molecule has 8 heteroatoms. The molecule has 0 fully saturated rings. The lowest BCUT2D eigenvalue weighted by Crippen LogP contribution is -2.46. The topological polar surface area (TPSA) is 94.1 Å². The number of para-hydroxylation sites is 2. The average molecular weight is 341 g/mol. The summed E-state index contributed by atoms with van der Waals surface area (Å²) in [5.41, 5.74) is 1.28. The summed E-state index contributed by atoms with van der Waals surface area (Å²) in [6.45, 7) is 1.56. The molecule has 2 aromatic heterocycles. The zero-order valence-corrected chi connectivity index (χ0v) is 13.6. The predicted molar refractivity (Wildman–Crippen MR) is 91.3 cm³/mol. The second kappa shape index (κ2) is 6.46. The molecule has 2 N–H and O–H groups in total. The first kappa shape index (κ1) is 15.5. The van der Waals surface area contributed by atoms with E-state index >= 15 is 0 Å². The molecule has 0 spiro atoms. The molecule has 0 saturated heterocycles. The normalized spacial score (nSPS) is 16.6. The molecule has 4 rings (SSSR count). The number of hydrogen-bond acceptors (Lipinski definition) is 4. The molecule has 3 aromatic rings. The number of urea groups is 1.